The maximum atomic E-state index is 5.19. The van der Waals surface area contributed by atoms with Crippen LogP contribution in [-0.2, 0) is 6.42 Å². The molecule has 5 nitrogen and oxygen atoms in total. The average molecular weight is 360 g/mol. The average Bonchev–Trinajstić information content (AvgIpc) is 2.73. The van der Waals surface area contributed by atoms with Crippen molar-refractivity contribution < 1.29 is 4.74 Å². The van der Waals surface area contributed by atoms with Gasteiger partial charge in [-0.25, -0.2) is 4.98 Å². The smallest absolute Gasteiger partial charge is 0.225 e. The number of aromatic nitrogens is 2. The summed E-state index contributed by atoms with van der Waals surface area (Å²) in [5.41, 5.74) is 3.16. The zero-order chi connectivity index (χ0) is 18.9. The Bertz CT molecular complexity index is 863. The number of nitrogens with zero attached hydrogens (tertiary/aromatic N) is 2. The van der Waals surface area contributed by atoms with Crippen LogP contribution in [0.15, 0.2) is 73.3 Å². The molecule has 1 aromatic heterocycles. The molecular weight excluding hydrogens is 336 g/mol. The molecule has 0 aliphatic heterocycles. The van der Waals surface area contributed by atoms with Gasteiger partial charge in [0.15, 0.2) is 0 Å². The first-order valence-corrected chi connectivity index (χ1v) is 8.94. The Kier molecular flexibility index (Phi) is 6.41. The van der Waals surface area contributed by atoms with E-state index >= 15 is 0 Å². The molecular formula is C22H24N4O. The monoisotopic (exact) mass is 360 g/mol. The summed E-state index contributed by atoms with van der Waals surface area (Å²) in [6.45, 7) is 5.13. The van der Waals surface area contributed by atoms with Crippen molar-refractivity contribution in [3.8, 4) is 17.0 Å². The highest BCUT2D eigenvalue weighted by Crippen LogP contribution is 2.21. The molecule has 1 heterocycles. The molecule has 0 aliphatic carbocycles. The van der Waals surface area contributed by atoms with Crippen molar-refractivity contribution >= 4 is 11.8 Å². The minimum atomic E-state index is 0.608. The van der Waals surface area contributed by atoms with Crippen molar-refractivity contribution in [1.82, 2.24) is 9.97 Å². The predicted molar refractivity (Wildman–Crippen MR) is 111 cm³/mol. The second-order valence-electron chi connectivity index (χ2n) is 6.02. The van der Waals surface area contributed by atoms with Crippen molar-refractivity contribution in [2.45, 2.75) is 6.42 Å². The van der Waals surface area contributed by atoms with Gasteiger partial charge in [0.1, 0.15) is 11.6 Å². The minimum absolute atomic E-state index is 0.608. The summed E-state index contributed by atoms with van der Waals surface area (Å²) in [6.07, 6.45) is 2.68. The quantitative estimate of drug-likeness (QED) is 0.554. The summed E-state index contributed by atoms with van der Waals surface area (Å²) < 4.78 is 5.19. The first kappa shape index (κ1) is 18.5. The van der Waals surface area contributed by atoms with E-state index in [9.17, 15) is 0 Å². The molecule has 0 saturated heterocycles. The molecule has 0 saturated carbocycles. The van der Waals surface area contributed by atoms with Crippen LogP contribution in [0.25, 0.3) is 11.3 Å². The number of methoxy groups -OCH3 is 1. The van der Waals surface area contributed by atoms with Gasteiger partial charge in [0.05, 0.1) is 12.8 Å². The molecule has 0 spiro atoms. The molecule has 5 heteroatoms. The van der Waals surface area contributed by atoms with Crippen LogP contribution < -0.4 is 15.4 Å². The summed E-state index contributed by atoms with van der Waals surface area (Å²) in [4.78, 5) is 9.22. The topological polar surface area (TPSA) is 59.1 Å². The van der Waals surface area contributed by atoms with Crippen LogP contribution in [0, 0.1) is 0 Å². The molecule has 0 aliphatic rings. The third kappa shape index (κ3) is 5.31. The van der Waals surface area contributed by atoms with Crippen LogP contribution >= 0.6 is 0 Å². The van der Waals surface area contributed by atoms with Gasteiger partial charge in [0, 0.05) is 24.7 Å². The van der Waals surface area contributed by atoms with Gasteiger partial charge in [-0.1, -0.05) is 48.5 Å². The number of ether oxygens (including phenoxy) is 1. The van der Waals surface area contributed by atoms with Crippen molar-refractivity contribution in [2.24, 2.45) is 0 Å². The highest BCUT2D eigenvalue weighted by Gasteiger charge is 2.06. The van der Waals surface area contributed by atoms with E-state index in [2.05, 4.69) is 39.3 Å². The van der Waals surface area contributed by atoms with Gasteiger partial charge >= 0.3 is 0 Å². The maximum Gasteiger partial charge on any atom is 0.225 e. The predicted octanol–water partition coefficient (Wildman–Crippen LogP) is 4.40. The van der Waals surface area contributed by atoms with Crippen molar-refractivity contribution in [3.05, 3.63) is 78.9 Å². The SMILES string of the molecule is C=CCNc1cc(-c2ccccc2)nc(NCCc2ccc(OC)cc2)n1. The van der Waals surface area contributed by atoms with Crippen LogP contribution in [0.5, 0.6) is 5.75 Å². The van der Waals surface area contributed by atoms with Gasteiger partial charge in [-0.2, -0.15) is 4.98 Å². The summed E-state index contributed by atoms with van der Waals surface area (Å²) >= 11 is 0. The Labute approximate surface area is 160 Å². The second kappa shape index (κ2) is 9.38. The molecule has 2 N–H and O–H groups in total. The Morgan fingerprint density at radius 1 is 1.00 bits per heavy atom. The molecule has 0 radical (unpaired) electrons. The molecule has 138 valence electrons. The number of benzene rings is 2. The Balaban J connectivity index is 1.71. The van der Waals surface area contributed by atoms with Crippen LogP contribution in [-0.4, -0.2) is 30.2 Å². The fraction of sp³-hybridized carbons (Fsp3) is 0.182. The number of hydrogen-bond acceptors (Lipinski definition) is 5. The van der Waals surface area contributed by atoms with E-state index in [0.717, 1.165) is 35.8 Å². The molecule has 3 aromatic rings. The van der Waals surface area contributed by atoms with Crippen LogP contribution in [0.2, 0.25) is 0 Å². The van der Waals surface area contributed by atoms with Crippen molar-refractivity contribution in [1.29, 1.82) is 0 Å². The number of hydrogen-bond donors (Lipinski definition) is 2. The lowest BCUT2D eigenvalue weighted by Crippen LogP contribution is -2.10. The van der Waals surface area contributed by atoms with Gasteiger partial charge < -0.3 is 15.4 Å². The fourth-order valence-corrected chi connectivity index (χ4v) is 2.66. The third-order valence-electron chi connectivity index (χ3n) is 4.08. The Morgan fingerprint density at radius 2 is 1.78 bits per heavy atom. The molecule has 27 heavy (non-hydrogen) atoms. The summed E-state index contributed by atoms with van der Waals surface area (Å²) in [5, 5.41) is 6.57. The van der Waals surface area contributed by atoms with E-state index in [1.165, 1.54) is 5.56 Å². The molecule has 0 amide bonds. The second-order valence-corrected chi connectivity index (χ2v) is 6.02. The van der Waals surface area contributed by atoms with E-state index in [0.29, 0.717) is 12.5 Å². The van der Waals surface area contributed by atoms with E-state index in [1.807, 2.05) is 48.5 Å². The zero-order valence-corrected chi connectivity index (χ0v) is 15.5. The van der Waals surface area contributed by atoms with Crippen LogP contribution in [0.3, 0.4) is 0 Å². The lowest BCUT2D eigenvalue weighted by Gasteiger charge is -2.11. The number of anilines is 2. The molecule has 3 rings (SSSR count). The maximum absolute atomic E-state index is 5.19. The third-order valence-corrected chi connectivity index (χ3v) is 4.08. The van der Waals surface area contributed by atoms with Gasteiger partial charge in [0.25, 0.3) is 0 Å². The van der Waals surface area contributed by atoms with E-state index in [-0.39, 0.29) is 0 Å². The van der Waals surface area contributed by atoms with Crippen LogP contribution in [0.1, 0.15) is 5.56 Å². The van der Waals surface area contributed by atoms with Crippen molar-refractivity contribution in [2.75, 3.05) is 30.8 Å². The lowest BCUT2D eigenvalue weighted by atomic mass is 10.1. The number of rotatable bonds is 9. The first-order valence-electron chi connectivity index (χ1n) is 8.94. The highest BCUT2D eigenvalue weighted by atomic mass is 16.5. The Hall–Kier alpha value is -3.34. The fourth-order valence-electron chi connectivity index (χ4n) is 2.66. The molecule has 0 bridgehead atoms. The van der Waals surface area contributed by atoms with Gasteiger partial charge in [-0.05, 0) is 24.1 Å². The summed E-state index contributed by atoms with van der Waals surface area (Å²) in [5.74, 6) is 2.25. The summed E-state index contributed by atoms with van der Waals surface area (Å²) in [7, 11) is 1.67. The van der Waals surface area contributed by atoms with E-state index in [4.69, 9.17) is 4.74 Å². The number of nitrogens with one attached hydrogen (secondary N) is 2. The molecule has 0 fully saturated rings. The van der Waals surface area contributed by atoms with E-state index < -0.39 is 0 Å². The highest BCUT2D eigenvalue weighted by molar-refractivity contribution is 5.64. The standard InChI is InChI=1S/C22H24N4O/c1-3-14-23-21-16-20(18-7-5-4-6-8-18)25-22(26-21)24-15-13-17-9-11-19(27-2)12-10-17/h3-12,16H,1,13-15H2,2H3,(H2,23,24,25,26). The van der Waals surface area contributed by atoms with Crippen LogP contribution in [0.4, 0.5) is 11.8 Å². The van der Waals surface area contributed by atoms with Crippen molar-refractivity contribution in [3.63, 3.8) is 0 Å². The normalized spacial score (nSPS) is 10.3. The Morgan fingerprint density at radius 3 is 2.48 bits per heavy atom. The largest absolute Gasteiger partial charge is 0.497 e. The minimum Gasteiger partial charge on any atom is -0.497 e. The molecule has 0 unspecified atom stereocenters. The lowest BCUT2D eigenvalue weighted by molar-refractivity contribution is 0.414. The molecule has 2 aromatic carbocycles. The van der Waals surface area contributed by atoms with Gasteiger partial charge in [0.2, 0.25) is 5.95 Å². The van der Waals surface area contributed by atoms with Gasteiger partial charge in [-0.15, -0.1) is 6.58 Å². The van der Waals surface area contributed by atoms with Gasteiger partial charge in [-0.3, -0.25) is 0 Å². The zero-order valence-electron chi connectivity index (χ0n) is 15.5. The first-order chi connectivity index (χ1) is 13.3. The molecule has 0 atom stereocenters. The van der Waals surface area contributed by atoms with E-state index in [1.54, 1.807) is 13.2 Å². The summed E-state index contributed by atoms with van der Waals surface area (Å²) in [6, 6.07) is 20.1.